The van der Waals surface area contributed by atoms with Gasteiger partial charge in [-0.2, -0.15) is 5.10 Å². The fraction of sp³-hybridized carbons (Fsp3) is 0.111. The van der Waals surface area contributed by atoms with Crippen LogP contribution >= 0.6 is 11.6 Å². The molecule has 0 bridgehead atoms. The lowest BCUT2D eigenvalue weighted by Crippen LogP contribution is -2.32. The lowest BCUT2D eigenvalue weighted by Gasteiger charge is -2.05. The number of hydrazone groups is 1. The van der Waals surface area contributed by atoms with Crippen molar-refractivity contribution in [2.24, 2.45) is 5.10 Å². The van der Waals surface area contributed by atoms with E-state index in [1.165, 1.54) is 30.5 Å². The van der Waals surface area contributed by atoms with Gasteiger partial charge in [-0.1, -0.05) is 23.7 Å². The van der Waals surface area contributed by atoms with Crippen molar-refractivity contribution in [1.82, 2.24) is 5.43 Å². The summed E-state index contributed by atoms with van der Waals surface area (Å²) in [5.74, 6) is -2.27. The minimum absolute atomic E-state index is 0.272. The van der Waals surface area contributed by atoms with Gasteiger partial charge in [-0.05, 0) is 48.9 Å². The summed E-state index contributed by atoms with van der Waals surface area (Å²) in [6.07, 6.45) is 1.38. The molecule has 0 aliphatic heterocycles. The van der Waals surface area contributed by atoms with E-state index in [4.69, 9.17) is 16.3 Å². The van der Waals surface area contributed by atoms with E-state index in [-0.39, 0.29) is 6.61 Å². The monoisotopic (exact) mass is 373 g/mol. The standard InChI is InChI=1S/C18H16ClN3O4/c1-2-26-18(25)13-5-9-15(10-6-13)21-16(23)17(24)22-20-11-12-3-7-14(19)8-4-12/h3-11H,2H2,1H3,(H,21,23)(H,22,24)/b20-11-. The molecule has 0 spiro atoms. The number of carbonyl (C=O) groups excluding carboxylic acids is 3. The number of halogens is 1. The zero-order valence-corrected chi connectivity index (χ0v) is 14.6. The largest absolute Gasteiger partial charge is 0.462 e. The van der Waals surface area contributed by atoms with Crippen LogP contribution in [0.4, 0.5) is 5.69 Å². The van der Waals surface area contributed by atoms with Crippen LogP contribution in [0.3, 0.4) is 0 Å². The van der Waals surface area contributed by atoms with Crippen LogP contribution in [0.25, 0.3) is 0 Å². The van der Waals surface area contributed by atoms with Gasteiger partial charge in [-0.25, -0.2) is 10.2 Å². The molecule has 26 heavy (non-hydrogen) atoms. The van der Waals surface area contributed by atoms with Gasteiger partial charge in [0.05, 0.1) is 18.4 Å². The van der Waals surface area contributed by atoms with Crippen molar-refractivity contribution in [2.75, 3.05) is 11.9 Å². The Balaban J connectivity index is 1.87. The quantitative estimate of drug-likeness (QED) is 0.364. The van der Waals surface area contributed by atoms with Gasteiger partial charge in [0.2, 0.25) is 0 Å². The number of amides is 2. The predicted octanol–water partition coefficient (Wildman–Crippen LogP) is 2.61. The van der Waals surface area contributed by atoms with E-state index in [1.54, 1.807) is 31.2 Å². The number of esters is 1. The van der Waals surface area contributed by atoms with Gasteiger partial charge in [0, 0.05) is 10.7 Å². The summed E-state index contributed by atoms with van der Waals surface area (Å²) in [6.45, 7) is 1.98. The summed E-state index contributed by atoms with van der Waals surface area (Å²) in [7, 11) is 0. The van der Waals surface area contributed by atoms with Crippen LogP contribution in [0.5, 0.6) is 0 Å². The van der Waals surface area contributed by atoms with E-state index in [0.717, 1.165) is 0 Å². The highest BCUT2D eigenvalue weighted by molar-refractivity contribution is 6.39. The highest BCUT2D eigenvalue weighted by Gasteiger charge is 2.13. The Kier molecular flexibility index (Phi) is 6.87. The van der Waals surface area contributed by atoms with Crippen molar-refractivity contribution < 1.29 is 19.1 Å². The van der Waals surface area contributed by atoms with Crippen LogP contribution < -0.4 is 10.7 Å². The number of benzene rings is 2. The third-order valence-corrected chi connectivity index (χ3v) is 3.36. The minimum Gasteiger partial charge on any atom is -0.462 e. The first-order valence-electron chi connectivity index (χ1n) is 7.66. The van der Waals surface area contributed by atoms with Crippen LogP contribution in [0.1, 0.15) is 22.8 Å². The number of anilines is 1. The molecule has 0 saturated heterocycles. The maximum atomic E-state index is 11.8. The average Bonchev–Trinajstić information content (AvgIpc) is 2.64. The third kappa shape index (κ3) is 5.71. The molecule has 0 unspecified atom stereocenters. The topological polar surface area (TPSA) is 96.9 Å². The molecule has 7 nitrogen and oxygen atoms in total. The van der Waals surface area contributed by atoms with Gasteiger partial charge in [0.25, 0.3) is 0 Å². The van der Waals surface area contributed by atoms with E-state index in [2.05, 4.69) is 15.8 Å². The number of carbonyl (C=O) groups is 3. The van der Waals surface area contributed by atoms with Crippen molar-refractivity contribution in [3.05, 3.63) is 64.7 Å². The van der Waals surface area contributed by atoms with Gasteiger partial charge >= 0.3 is 17.8 Å². The molecular formula is C18H16ClN3O4. The fourth-order valence-electron chi connectivity index (χ4n) is 1.86. The number of ether oxygens (including phenoxy) is 1. The molecule has 0 atom stereocenters. The second-order valence-corrected chi connectivity index (χ2v) is 5.44. The number of hydrogen-bond acceptors (Lipinski definition) is 5. The molecule has 0 aromatic heterocycles. The van der Waals surface area contributed by atoms with E-state index in [0.29, 0.717) is 21.8 Å². The predicted molar refractivity (Wildman–Crippen MR) is 98.2 cm³/mol. The molecule has 2 N–H and O–H groups in total. The highest BCUT2D eigenvalue weighted by atomic mass is 35.5. The zero-order valence-electron chi connectivity index (χ0n) is 13.9. The van der Waals surface area contributed by atoms with Crippen LogP contribution in [0.2, 0.25) is 5.02 Å². The average molecular weight is 374 g/mol. The number of nitrogens with zero attached hydrogens (tertiary/aromatic N) is 1. The lowest BCUT2D eigenvalue weighted by atomic mass is 10.2. The first-order chi connectivity index (χ1) is 12.5. The number of hydrogen-bond donors (Lipinski definition) is 2. The Bertz CT molecular complexity index is 817. The van der Waals surface area contributed by atoms with Crippen molar-refractivity contribution in [3.8, 4) is 0 Å². The summed E-state index contributed by atoms with van der Waals surface area (Å²) in [4.78, 5) is 35.1. The molecule has 2 rings (SSSR count). The maximum absolute atomic E-state index is 11.8. The van der Waals surface area contributed by atoms with Gasteiger partial charge in [0.15, 0.2) is 0 Å². The Morgan fingerprint density at radius 2 is 1.69 bits per heavy atom. The smallest absolute Gasteiger partial charge is 0.338 e. The molecule has 8 heteroatoms. The van der Waals surface area contributed by atoms with Crippen LogP contribution in [0.15, 0.2) is 53.6 Å². The molecule has 2 amide bonds. The van der Waals surface area contributed by atoms with Crippen LogP contribution in [-0.4, -0.2) is 30.6 Å². The van der Waals surface area contributed by atoms with E-state index >= 15 is 0 Å². The van der Waals surface area contributed by atoms with E-state index < -0.39 is 17.8 Å². The number of nitrogens with one attached hydrogen (secondary N) is 2. The maximum Gasteiger partial charge on any atom is 0.338 e. The molecule has 0 heterocycles. The first-order valence-corrected chi connectivity index (χ1v) is 8.04. The zero-order chi connectivity index (χ0) is 18.9. The van der Waals surface area contributed by atoms with Crippen LogP contribution in [0, 0.1) is 0 Å². The van der Waals surface area contributed by atoms with Crippen molar-refractivity contribution in [3.63, 3.8) is 0 Å². The summed E-state index contributed by atoms with van der Waals surface area (Å²) >= 11 is 5.76. The van der Waals surface area contributed by atoms with E-state index in [1.807, 2.05) is 0 Å². The second-order valence-electron chi connectivity index (χ2n) is 5.00. The molecule has 0 aliphatic carbocycles. The summed E-state index contributed by atoms with van der Waals surface area (Å²) < 4.78 is 4.86. The molecule has 0 radical (unpaired) electrons. The van der Waals surface area contributed by atoms with Crippen molar-refractivity contribution in [2.45, 2.75) is 6.92 Å². The fourth-order valence-corrected chi connectivity index (χ4v) is 1.98. The highest BCUT2D eigenvalue weighted by Crippen LogP contribution is 2.10. The summed E-state index contributed by atoms with van der Waals surface area (Å²) in [5.41, 5.74) is 3.55. The Morgan fingerprint density at radius 3 is 2.31 bits per heavy atom. The van der Waals surface area contributed by atoms with E-state index in [9.17, 15) is 14.4 Å². The summed E-state index contributed by atoms with van der Waals surface area (Å²) in [5, 5.41) is 6.69. The first kappa shape index (κ1) is 19.1. The van der Waals surface area contributed by atoms with Crippen LogP contribution in [-0.2, 0) is 14.3 Å². The lowest BCUT2D eigenvalue weighted by molar-refractivity contribution is -0.136. The molecule has 0 aliphatic rings. The number of rotatable bonds is 5. The van der Waals surface area contributed by atoms with Crippen molar-refractivity contribution >= 4 is 41.3 Å². The molecule has 0 fully saturated rings. The molecule has 0 saturated carbocycles. The Morgan fingerprint density at radius 1 is 1.04 bits per heavy atom. The van der Waals surface area contributed by atoms with Gasteiger partial charge < -0.3 is 10.1 Å². The normalized spacial score (nSPS) is 10.4. The SMILES string of the molecule is CCOC(=O)c1ccc(NC(=O)C(=O)N/N=C\c2ccc(Cl)cc2)cc1. The van der Waals surface area contributed by atoms with Gasteiger partial charge in [0.1, 0.15) is 0 Å². The Hall–Kier alpha value is -3.19. The molecular weight excluding hydrogens is 358 g/mol. The van der Waals surface area contributed by atoms with Crippen molar-refractivity contribution in [1.29, 1.82) is 0 Å². The molecule has 134 valence electrons. The third-order valence-electron chi connectivity index (χ3n) is 3.11. The molecule has 2 aromatic carbocycles. The summed E-state index contributed by atoms with van der Waals surface area (Å²) in [6, 6.07) is 12.7. The Labute approximate surface area is 155 Å². The van der Waals surface area contributed by atoms with Gasteiger partial charge in [-0.3, -0.25) is 9.59 Å². The second kappa shape index (κ2) is 9.33. The molecule has 2 aromatic rings. The minimum atomic E-state index is -0.926. The van der Waals surface area contributed by atoms with Gasteiger partial charge in [-0.15, -0.1) is 0 Å².